The highest BCUT2D eigenvalue weighted by Gasteiger charge is 2.49. The van der Waals surface area contributed by atoms with Gasteiger partial charge in [-0.3, -0.25) is 0 Å². The first kappa shape index (κ1) is 8.51. The standard InChI is InChI=1S/C8H15NO2S/c9-7-1-3-8(4-2-7)5-12(10,11)6-8/h7H,1-6,9H2. The van der Waals surface area contributed by atoms with Gasteiger partial charge >= 0.3 is 0 Å². The summed E-state index contributed by atoms with van der Waals surface area (Å²) in [4.78, 5) is 0. The van der Waals surface area contributed by atoms with Gasteiger partial charge in [-0.25, -0.2) is 8.42 Å². The van der Waals surface area contributed by atoms with E-state index in [1.165, 1.54) is 0 Å². The summed E-state index contributed by atoms with van der Waals surface area (Å²) in [5.41, 5.74) is 5.90. The van der Waals surface area contributed by atoms with Crippen LogP contribution in [0.5, 0.6) is 0 Å². The molecule has 3 nitrogen and oxygen atoms in total. The fourth-order valence-corrected chi connectivity index (χ4v) is 4.79. The van der Waals surface area contributed by atoms with Crippen LogP contribution >= 0.6 is 0 Å². The lowest BCUT2D eigenvalue weighted by molar-refractivity contribution is 0.210. The molecule has 0 amide bonds. The molecule has 0 aromatic rings. The van der Waals surface area contributed by atoms with Crippen molar-refractivity contribution in [1.29, 1.82) is 0 Å². The van der Waals surface area contributed by atoms with Crippen molar-refractivity contribution in [1.82, 2.24) is 0 Å². The van der Waals surface area contributed by atoms with Crippen LogP contribution in [-0.4, -0.2) is 26.0 Å². The van der Waals surface area contributed by atoms with Crippen LogP contribution in [0.4, 0.5) is 0 Å². The first-order chi connectivity index (χ1) is 5.52. The topological polar surface area (TPSA) is 60.2 Å². The molecule has 4 heteroatoms. The van der Waals surface area contributed by atoms with Crippen molar-refractivity contribution in [3.05, 3.63) is 0 Å². The smallest absolute Gasteiger partial charge is 0.151 e. The lowest BCUT2D eigenvalue weighted by Gasteiger charge is -2.45. The predicted molar refractivity (Wildman–Crippen MR) is 47.5 cm³/mol. The molecule has 1 saturated heterocycles. The van der Waals surface area contributed by atoms with E-state index in [1.807, 2.05) is 0 Å². The lowest BCUT2D eigenvalue weighted by Crippen LogP contribution is -2.51. The Hall–Kier alpha value is -0.0900. The Labute approximate surface area is 73.2 Å². The van der Waals surface area contributed by atoms with E-state index in [0.717, 1.165) is 25.7 Å². The zero-order chi connectivity index (χ0) is 8.82. The van der Waals surface area contributed by atoms with E-state index in [4.69, 9.17) is 5.73 Å². The largest absolute Gasteiger partial charge is 0.328 e. The molecule has 0 aromatic heterocycles. The molecular formula is C8H15NO2S. The van der Waals surface area contributed by atoms with Gasteiger partial charge in [0.05, 0.1) is 11.5 Å². The Morgan fingerprint density at radius 1 is 1.17 bits per heavy atom. The summed E-state index contributed by atoms with van der Waals surface area (Å²) in [5.74, 6) is 0.847. The van der Waals surface area contributed by atoms with E-state index < -0.39 is 9.84 Å². The molecule has 1 saturated carbocycles. The van der Waals surface area contributed by atoms with Crippen LogP contribution in [0.2, 0.25) is 0 Å². The van der Waals surface area contributed by atoms with Crippen LogP contribution in [0.25, 0.3) is 0 Å². The fourth-order valence-electron chi connectivity index (χ4n) is 2.43. The summed E-state index contributed by atoms with van der Waals surface area (Å²) >= 11 is 0. The molecule has 0 atom stereocenters. The molecule has 1 aliphatic heterocycles. The van der Waals surface area contributed by atoms with E-state index in [1.54, 1.807) is 0 Å². The van der Waals surface area contributed by atoms with Gasteiger partial charge in [-0.05, 0) is 31.1 Å². The van der Waals surface area contributed by atoms with Gasteiger partial charge in [0.25, 0.3) is 0 Å². The molecule has 0 aromatic carbocycles. The van der Waals surface area contributed by atoms with E-state index in [0.29, 0.717) is 17.5 Å². The van der Waals surface area contributed by atoms with Gasteiger partial charge in [0.2, 0.25) is 0 Å². The zero-order valence-electron chi connectivity index (χ0n) is 7.12. The molecule has 12 heavy (non-hydrogen) atoms. The summed E-state index contributed by atoms with van der Waals surface area (Å²) in [6.07, 6.45) is 4.06. The number of hydrogen-bond donors (Lipinski definition) is 1. The second kappa shape index (κ2) is 2.45. The average molecular weight is 189 g/mol. The monoisotopic (exact) mass is 189 g/mol. The van der Waals surface area contributed by atoms with Crippen LogP contribution in [0.15, 0.2) is 0 Å². The minimum atomic E-state index is -2.65. The highest BCUT2D eigenvalue weighted by molar-refractivity contribution is 7.92. The van der Waals surface area contributed by atoms with Crippen molar-refractivity contribution >= 4 is 9.84 Å². The molecule has 1 spiro atoms. The van der Waals surface area contributed by atoms with Gasteiger partial charge in [0.1, 0.15) is 0 Å². The molecule has 0 unspecified atom stereocenters. The van der Waals surface area contributed by atoms with Crippen LogP contribution in [0.3, 0.4) is 0 Å². The Kier molecular flexibility index (Phi) is 1.74. The SMILES string of the molecule is NC1CCC2(CC1)CS(=O)(=O)C2. The number of sulfone groups is 1. The summed E-state index contributed by atoms with van der Waals surface area (Å²) in [7, 11) is -2.65. The lowest BCUT2D eigenvalue weighted by atomic mass is 9.75. The fraction of sp³-hybridized carbons (Fsp3) is 1.00. The average Bonchev–Trinajstić information content (AvgIpc) is 1.91. The van der Waals surface area contributed by atoms with Crippen LogP contribution in [0, 0.1) is 5.41 Å². The normalized spacial score (nSPS) is 33.1. The van der Waals surface area contributed by atoms with Gasteiger partial charge in [-0.1, -0.05) is 0 Å². The maximum atomic E-state index is 11.0. The first-order valence-corrected chi connectivity index (χ1v) is 6.30. The van der Waals surface area contributed by atoms with E-state index >= 15 is 0 Å². The maximum Gasteiger partial charge on any atom is 0.151 e. The number of hydrogen-bond acceptors (Lipinski definition) is 3. The van der Waals surface area contributed by atoms with Gasteiger partial charge in [0.15, 0.2) is 9.84 Å². The van der Waals surface area contributed by atoms with E-state index in [2.05, 4.69) is 0 Å². The highest BCUT2D eigenvalue weighted by atomic mass is 32.2. The molecule has 0 bridgehead atoms. The Bertz CT molecular complexity index is 261. The van der Waals surface area contributed by atoms with Crippen LogP contribution in [0.1, 0.15) is 25.7 Å². The molecule has 1 aliphatic carbocycles. The quantitative estimate of drug-likeness (QED) is 0.596. The van der Waals surface area contributed by atoms with Crippen molar-refractivity contribution in [2.75, 3.05) is 11.5 Å². The molecule has 1 heterocycles. The van der Waals surface area contributed by atoms with Crippen LogP contribution in [-0.2, 0) is 9.84 Å². The molecule has 2 rings (SSSR count). The third-order valence-corrected chi connectivity index (χ3v) is 5.25. The molecule has 70 valence electrons. The van der Waals surface area contributed by atoms with Gasteiger partial charge in [-0.2, -0.15) is 0 Å². The minimum Gasteiger partial charge on any atom is -0.328 e. The summed E-state index contributed by atoms with van der Waals surface area (Å²) in [6.45, 7) is 0. The maximum absolute atomic E-state index is 11.0. The summed E-state index contributed by atoms with van der Waals surface area (Å²) in [5, 5.41) is 0. The third-order valence-electron chi connectivity index (χ3n) is 3.14. The van der Waals surface area contributed by atoms with E-state index in [9.17, 15) is 8.42 Å². The summed E-state index contributed by atoms with van der Waals surface area (Å²) < 4.78 is 22.0. The second-order valence-corrected chi connectivity index (χ2v) is 6.43. The van der Waals surface area contributed by atoms with Crippen molar-refractivity contribution in [2.24, 2.45) is 11.1 Å². The van der Waals surface area contributed by atoms with Crippen LogP contribution < -0.4 is 5.73 Å². The number of rotatable bonds is 0. The van der Waals surface area contributed by atoms with Crippen molar-refractivity contribution in [3.8, 4) is 0 Å². The number of nitrogens with two attached hydrogens (primary N) is 1. The molecule has 2 fully saturated rings. The predicted octanol–water partition coefficient (Wildman–Crippen LogP) is 0.302. The molecule has 2 N–H and O–H groups in total. The van der Waals surface area contributed by atoms with Gasteiger partial charge < -0.3 is 5.73 Å². The molecule has 2 aliphatic rings. The van der Waals surface area contributed by atoms with Crippen molar-refractivity contribution in [3.63, 3.8) is 0 Å². The Morgan fingerprint density at radius 2 is 1.67 bits per heavy atom. The summed E-state index contributed by atoms with van der Waals surface area (Å²) in [6, 6.07) is 0.318. The third kappa shape index (κ3) is 1.38. The second-order valence-electron chi connectivity index (χ2n) is 4.37. The molecular weight excluding hydrogens is 174 g/mol. The Morgan fingerprint density at radius 3 is 2.08 bits per heavy atom. The Balaban J connectivity index is 2.00. The van der Waals surface area contributed by atoms with Crippen molar-refractivity contribution in [2.45, 2.75) is 31.7 Å². The zero-order valence-corrected chi connectivity index (χ0v) is 7.94. The van der Waals surface area contributed by atoms with E-state index in [-0.39, 0.29) is 5.41 Å². The molecule has 0 radical (unpaired) electrons. The van der Waals surface area contributed by atoms with Gasteiger partial charge in [-0.15, -0.1) is 0 Å². The first-order valence-electron chi connectivity index (χ1n) is 4.47. The van der Waals surface area contributed by atoms with Crippen molar-refractivity contribution < 1.29 is 8.42 Å². The highest BCUT2D eigenvalue weighted by Crippen LogP contribution is 2.44. The van der Waals surface area contributed by atoms with Gasteiger partial charge in [0, 0.05) is 6.04 Å². The minimum absolute atomic E-state index is 0.148.